The van der Waals surface area contributed by atoms with Gasteiger partial charge in [-0.1, -0.05) is 35.0 Å². The number of anilines is 1. The van der Waals surface area contributed by atoms with Gasteiger partial charge in [-0.3, -0.25) is 14.5 Å². The van der Waals surface area contributed by atoms with E-state index in [2.05, 4.69) is 33.0 Å². The Morgan fingerprint density at radius 1 is 1.10 bits per heavy atom. The Bertz CT molecular complexity index is 888. The van der Waals surface area contributed by atoms with Crippen LogP contribution in [-0.4, -0.2) is 41.7 Å². The molecule has 29 heavy (non-hydrogen) atoms. The minimum atomic E-state index is -0.415. The maximum absolute atomic E-state index is 13.2. The molecule has 2 aromatic rings. The lowest BCUT2D eigenvalue weighted by atomic mass is 10.1. The van der Waals surface area contributed by atoms with Gasteiger partial charge < -0.3 is 4.74 Å². The molecule has 0 aromatic heterocycles. The zero-order chi connectivity index (χ0) is 20.4. The first-order valence-corrected chi connectivity index (χ1v) is 11.6. The number of amides is 2. The van der Waals surface area contributed by atoms with Gasteiger partial charge in [-0.2, -0.15) is 0 Å². The van der Waals surface area contributed by atoms with E-state index in [1.165, 1.54) is 4.90 Å². The van der Waals surface area contributed by atoms with Crippen molar-refractivity contribution < 1.29 is 14.3 Å². The molecule has 0 spiro atoms. The summed E-state index contributed by atoms with van der Waals surface area (Å²) in [5.74, 6) is 1.41. The van der Waals surface area contributed by atoms with Gasteiger partial charge in [0.15, 0.2) is 0 Å². The molecule has 2 aliphatic heterocycles. The summed E-state index contributed by atoms with van der Waals surface area (Å²) in [6.07, 6.45) is 1.15. The van der Waals surface area contributed by atoms with E-state index in [0.717, 1.165) is 34.5 Å². The van der Waals surface area contributed by atoms with Crippen molar-refractivity contribution in [1.29, 1.82) is 0 Å². The van der Waals surface area contributed by atoms with Crippen LogP contribution in [0.3, 0.4) is 0 Å². The maximum atomic E-state index is 13.2. The van der Waals surface area contributed by atoms with Crippen LogP contribution in [0.1, 0.15) is 30.7 Å². The molecule has 2 saturated heterocycles. The quantitative estimate of drug-likeness (QED) is 0.571. The minimum Gasteiger partial charge on any atom is -0.494 e. The van der Waals surface area contributed by atoms with E-state index in [1.54, 1.807) is 12.1 Å². The summed E-state index contributed by atoms with van der Waals surface area (Å²) in [7, 11) is 0. The van der Waals surface area contributed by atoms with Crippen molar-refractivity contribution in [3.8, 4) is 5.75 Å². The topological polar surface area (TPSA) is 49.9 Å². The first-order valence-electron chi connectivity index (χ1n) is 9.81. The van der Waals surface area contributed by atoms with Crippen LogP contribution in [0.15, 0.2) is 53.0 Å². The number of nitrogens with zero attached hydrogens (tertiary/aromatic N) is 2. The summed E-state index contributed by atoms with van der Waals surface area (Å²) in [5, 5.41) is 0.0922. The highest BCUT2D eigenvalue weighted by Gasteiger charge is 2.46. The van der Waals surface area contributed by atoms with Gasteiger partial charge in [0.2, 0.25) is 5.91 Å². The molecule has 0 aliphatic carbocycles. The van der Waals surface area contributed by atoms with Gasteiger partial charge in [0.05, 0.1) is 24.1 Å². The van der Waals surface area contributed by atoms with Gasteiger partial charge in [0.25, 0.3) is 5.91 Å². The minimum absolute atomic E-state index is 0.0922. The number of ether oxygens (including phenoxy) is 1. The number of carbonyl (C=O) groups excluding carboxylic acids is 2. The molecule has 7 heteroatoms. The fourth-order valence-corrected chi connectivity index (χ4v) is 5.37. The second-order valence-corrected chi connectivity index (χ2v) is 9.25. The van der Waals surface area contributed by atoms with Crippen LogP contribution >= 0.6 is 27.7 Å². The fraction of sp³-hybridized carbons (Fsp3) is 0.364. The highest BCUT2D eigenvalue weighted by Crippen LogP contribution is 2.42. The Morgan fingerprint density at radius 2 is 1.83 bits per heavy atom. The SMILES string of the molecule is CCCOc1ccc(N2C(=O)C[C@@H](N3CCS[C@H]3c3ccc(Br)cc3)C2=O)cc1. The summed E-state index contributed by atoms with van der Waals surface area (Å²) in [5.41, 5.74) is 1.77. The second kappa shape index (κ2) is 8.90. The Balaban J connectivity index is 1.52. The van der Waals surface area contributed by atoms with Gasteiger partial charge in [0.1, 0.15) is 11.8 Å². The monoisotopic (exact) mass is 474 g/mol. The summed E-state index contributed by atoms with van der Waals surface area (Å²) >= 11 is 5.29. The molecule has 0 unspecified atom stereocenters. The highest BCUT2D eigenvalue weighted by atomic mass is 79.9. The number of thioether (sulfide) groups is 1. The predicted octanol–water partition coefficient (Wildman–Crippen LogP) is 4.62. The third-order valence-corrected chi connectivity index (χ3v) is 6.98. The summed E-state index contributed by atoms with van der Waals surface area (Å²) in [4.78, 5) is 29.4. The maximum Gasteiger partial charge on any atom is 0.251 e. The smallest absolute Gasteiger partial charge is 0.251 e. The third-order valence-electron chi connectivity index (χ3n) is 5.17. The van der Waals surface area contributed by atoms with E-state index < -0.39 is 6.04 Å². The van der Waals surface area contributed by atoms with E-state index in [9.17, 15) is 9.59 Å². The Labute approximate surface area is 183 Å². The van der Waals surface area contributed by atoms with Crippen LogP contribution in [0.4, 0.5) is 5.69 Å². The summed E-state index contributed by atoms with van der Waals surface area (Å²) in [6.45, 7) is 3.49. The van der Waals surface area contributed by atoms with Gasteiger partial charge in [-0.15, -0.1) is 11.8 Å². The number of carbonyl (C=O) groups is 2. The first-order chi connectivity index (χ1) is 14.1. The van der Waals surface area contributed by atoms with E-state index in [0.29, 0.717) is 12.3 Å². The highest BCUT2D eigenvalue weighted by molar-refractivity contribution is 9.10. The number of hydrogen-bond acceptors (Lipinski definition) is 5. The molecule has 2 fully saturated rings. The van der Waals surface area contributed by atoms with Crippen molar-refractivity contribution in [3.63, 3.8) is 0 Å². The molecule has 2 atom stereocenters. The van der Waals surface area contributed by atoms with Crippen LogP contribution in [0, 0.1) is 0 Å². The summed E-state index contributed by atoms with van der Waals surface area (Å²) in [6, 6.07) is 15.0. The second-order valence-electron chi connectivity index (χ2n) is 7.14. The van der Waals surface area contributed by atoms with E-state index >= 15 is 0 Å². The van der Waals surface area contributed by atoms with Crippen molar-refractivity contribution >= 4 is 45.2 Å². The lowest BCUT2D eigenvalue weighted by molar-refractivity contribution is -0.123. The third kappa shape index (κ3) is 4.22. The van der Waals surface area contributed by atoms with Gasteiger partial charge in [0, 0.05) is 16.8 Å². The molecule has 2 aromatic carbocycles. The van der Waals surface area contributed by atoms with Crippen molar-refractivity contribution in [2.24, 2.45) is 0 Å². The number of halogens is 1. The Kier molecular flexibility index (Phi) is 6.27. The van der Waals surface area contributed by atoms with E-state index in [4.69, 9.17) is 4.74 Å². The molecule has 4 rings (SSSR count). The van der Waals surface area contributed by atoms with Gasteiger partial charge in [-0.25, -0.2) is 4.90 Å². The van der Waals surface area contributed by atoms with Gasteiger partial charge >= 0.3 is 0 Å². The Morgan fingerprint density at radius 3 is 2.52 bits per heavy atom. The van der Waals surface area contributed by atoms with E-state index in [1.807, 2.05) is 43.0 Å². The first kappa shape index (κ1) is 20.4. The number of hydrogen-bond donors (Lipinski definition) is 0. The predicted molar refractivity (Wildman–Crippen MR) is 119 cm³/mol. The fourth-order valence-electron chi connectivity index (χ4n) is 3.77. The molecule has 0 radical (unpaired) electrons. The average molecular weight is 475 g/mol. The molecule has 5 nitrogen and oxygen atoms in total. The Hall–Kier alpha value is -1.83. The zero-order valence-corrected chi connectivity index (χ0v) is 18.6. The molecule has 0 N–H and O–H groups in total. The molecule has 0 bridgehead atoms. The normalized spacial score (nSPS) is 22.5. The zero-order valence-electron chi connectivity index (χ0n) is 16.2. The molecular weight excluding hydrogens is 452 g/mol. The standard InChI is InChI=1S/C22H23BrN2O3S/c1-2-12-28-18-9-7-17(8-10-18)25-20(26)14-19(21(25)27)24-11-13-29-22(24)15-3-5-16(23)6-4-15/h3-10,19,22H,2,11-14H2,1H3/t19-,22+/m1/s1. The van der Waals surface area contributed by atoms with Crippen LogP contribution in [0.25, 0.3) is 0 Å². The van der Waals surface area contributed by atoms with Crippen LogP contribution in [0.5, 0.6) is 5.75 Å². The number of rotatable bonds is 6. The number of imide groups is 1. The van der Waals surface area contributed by atoms with E-state index in [-0.39, 0.29) is 23.6 Å². The van der Waals surface area contributed by atoms with Crippen molar-refractivity contribution in [1.82, 2.24) is 4.90 Å². The van der Waals surface area contributed by atoms with Crippen LogP contribution in [0.2, 0.25) is 0 Å². The van der Waals surface area contributed by atoms with Crippen molar-refractivity contribution in [3.05, 3.63) is 58.6 Å². The molecule has 0 saturated carbocycles. The van der Waals surface area contributed by atoms with Crippen molar-refractivity contribution in [2.75, 3.05) is 23.8 Å². The molecular formula is C22H23BrN2O3S. The lowest BCUT2D eigenvalue weighted by Crippen LogP contribution is -2.41. The average Bonchev–Trinajstić information content (AvgIpc) is 3.32. The number of benzene rings is 2. The van der Waals surface area contributed by atoms with Crippen LogP contribution < -0.4 is 9.64 Å². The molecule has 2 heterocycles. The molecule has 2 amide bonds. The molecule has 2 aliphatic rings. The van der Waals surface area contributed by atoms with Crippen molar-refractivity contribution in [2.45, 2.75) is 31.2 Å². The molecule has 152 valence electrons. The largest absolute Gasteiger partial charge is 0.494 e. The van der Waals surface area contributed by atoms with Gasteiger partial charge in [-0.05, 0) is 48.4 Å². The lowest BCUT2D eigenvalue weighted by Gasteiger charge is -2.28. The summed E-state index contributed by atoms with van der Waals surface area (Å²) < 4.78 is 6.63. The van der Waals surface area contributed by atoms with Crippen LogP contribution in [-0.2, 0) is 9.59 Å².